The van der Waals surface area contributed by atoms with Crippen LogP contribution >= 0.6 is 0 Å². The number of anilines is 2. The molecule has 0 radical (unpaired) electrons. The zero-order valence-corrected chi connectivity index (χ0v) is 44.8. The highest BCUT2D eigenvalue weighted by atomic mass is 19.1. The van der Waals surface area contributed by atoms with Crippen LogP contribution in [0.4, 0.5) is 24.5 Å². The summed E-state index contributed by atoms with van der Waals surface area (Å²) in [6.07, 6.45) is 10.8. The van der Waals surface area contributed by atoms with Crippen molar-refractivity contribution in [3.8, 4) is 0 Å². The molecule has 6 heterocycles. The van der Waals surface area contributed by atoms with Crippen molar-refractivity contribution in [2.24, 2.45) is 0 Å². The molecule has 6 aromatic carbocycles. The molecule has 4 atom stereocenters. The maximum Gasteiger partial charge on any atom is 0.243 e. The third-order valence-corrected chi connectivity index (χ3v) is 18.8. The van der Waals surface area contributed by atoms with E-state index in [1.807, 2.05) is 60.5 Å². The summed E-state index contributed by atoms with van der Waals surface area (Å²) in [4.78, 5) is 67.0. The first-order chi connectivity index (χ1) is 39.2. The normalized spacial score (nSPS) is 24.2. The van der Waals surface area contributed by atoms with E-state index in [2.05, 4.69) is 68.6 Å². The van der Waals surface area contributed by atoms with E-state index >= 15 is 0 Å². The van der Waals surface area contributed by atoms with Gasteiger partial charge in [-0.15, -0.1) is 0 Å². The maximum absolute atomic E-state index is 14.5. The zero-order valence-electron chi connectivity index (χ0n) is 44.8. The van der Waals surface area contributed by atoms with Gasteiger partial charge in [0.25, 0.3) is 0 Å². The van der Waals surface area contributed by atoms with E-state index in [9.17, 15) is 32.3 Å². The van der Waals surface area contributed by atoms with Crippen LogP contribution in [-0.4, -0.2) is 68.6 Å². The van der Waals surface area contributed by atoms with Crippen LogP contribution in [-0.2, 0) is 74.3 Å². The van der Waals surface area contributed by atoms with E-state index in [0.717, 1.165) is 110 Å². The lowest BCUT2D eigenvalue weighted by atomic mass is 9.75. The second kappa shape index (κ2) is 19.2. The lowest BCUT2D eigenvalue weighted by molar-refractivity contribution is -0.154. The fourth-order valence-corrected chi connectivity index (χ4v) is 14.5. The van der Waals surface area contributed by atoms with Crippen LogP contribution in [0.25, 0.3) is 21.8 Å². The van der Waals surface area contributed by atoms with Crippen LogP contribution in [0.15, 0.2) is 140 Å². The smallest absolute Gasteiger partial charge is 0.243 e. The standard InChI is InChI=1S/C36H34F2N4O2.C30H25FN4O2/c1-34(26-14-27(37)16-28(38)15-26)21-40-36(9-5-2-6-10-36)33(44)42(34)20-22-11-23-12-24-17-35(18-25(24)13-31(23)39-19-22)29-7-3-4-8-30(29)41-32(35)43;31-23-7-5-19(6-8-23)27-28(36)32-9-10-35(27)17-18-11-20-12-21-14-30(15-22(21)13-26(20)33-16-18)24-3-1-2-4-25(24)34-29(30)37/h3-4,7-8,11-16,19,40H,2,5-6,9-10,17-18,20-21H2,1H3,(H,41,43);1-8,11-13,16,27H,9-10,14-15,17H2,(H,32,36)(H,34,37)/t34?,35-;27?,30-/m00/s1. The highest BCUT2D eigenvalue weighted by Crippen LogP contribution is 2.50. The summed E-state index contributed by atoms with van der Waals surface area (Å²) in [5.74, 6) is -1.65. The molecule has 81 heavy (non-hydrogen) atoms. The molecular formula is C66H59F3N8O4. The molecule has 0 bridgehead atoms. The molecule has 2 saturated heterocycles. The summed E-state index contributed by atoms with van der Waals surface area (Å²) in [6.45, 7) is 4.34. The number of nitrogens with one attached hydrogen (secondary N) is 4. The minimum atomic E-state index is -0.967. The number of aromatic nitrogens is 2. The van der Waals surface area contributed by atoms with Crippen LogP contribution in [0.2, 0.25) is 0 Å². The van der Waals surface area contributed by atoms with E-state index in [4.69, 9.17) is 9.97 Å². The second-order valence-corrected chi connectivity index (χ2v) is 23.7. The van der Waals surface area contributed by atoms with Gasteiger partial charge in [0.05, 0.1) is 32.9 Å². The van der Waals surface area contributed by atoms with Crippen LogP contribution < -0.4 is 21.3 Å². The molecule has 8 aromatic rings. The van der Waals surface area contributed by atoms with Crippen molar-refractivity contribution in [2.45, 2.75) is 106 Å². The molecule has 15 heteroatoms. The van der Waals surface area contributed by atoms with Crippen LogP contribution in [0, 0.1) is 17.5 Å². The lowest BCUT2D eigenvalue weighted by Crippen LogP contribution is -2.71. The van der Waals surface area contributed by atoms with Crippen molar-refractivity contribution in [1.82, 2.24) is 30.4 Å². The summed E-state index contributed by atoms with van der Waals surface area (Å²) in [7, 11) is 0. The average molecular weight is 1090 g/mol. The number of nitrogens with zero attached hydrogens (tertiary/aromatic N) is 4. The van der Waals surface area contributed by atoms with Gasteiger partial charge >= 0.3 is 0 Å². The molecule has 4 aliphatic heterocycles. The molecule has 3 fully saturated rings. The first kappa shape index (κ1) is 50.9. The van der Waals surface area contributed by atoms with Crippen molar-refractivity contribution in [1.29, 1.82) is 0 Å². The molecule has 2 unspecified atom stereocenters. The number of para-hydroxylation sites is 2. The number of carbonyl (C=O) groups excluding carboxylic acids is 4. The average Bonchev–Trinajstić information content (AvgIpc) is 3.75. The Hall–Kier alpha value is -8.27. The Morgan fingerprint density at radius 1 is 0.593 bits per heavy atom. The largest absolute Gasteiger partial charge is 0.353 e. The molecule has 4 N–H and O–H groups in total. The predicted octanol–water partition coefficient (Wildman–Crippen LogP) is 10.1. The van der Waals surface area contributed by atoms with Crippen molar-refractivity contribution in [2.75, 3.05) is 30.3 Å². The molecule has 15 rings (SSSR count). The summed E-state index contributed by atoms with van der Waals surface area (Å²) in [5, 5.41) is 14.6. The van der Waals surface area contributed by atoms with Gasteiger partial charge < -0.3 is 26.2 Å². The van der Waals surface area contributed by atoms with Crippen LogP contribution in [0.5, 0.6) is 0 Å². The molecule has 4 amide bonds. The Morgan fingerprint density at radius 2 is 1.12 bits per heavy atom. The van der Waals surface area contributed by atoms with Crippen LogP contribution in [0.1, 0.15) is 101 Å². The van der Waals surface area contributed by atoms with Gasteiger partial charge in [-0.3, -0.25) is 34.0 Å². The molecule has 3 spiro atoms. The second-order valence-electron chi connectivity index (χ2n) is 23.7. The number of hydrogen-bond acceptors (Lipinski definition) is 8. The number of rotatable bonds is 6. The van der Waals surface area contributed by atoms with Gasteiger partial charge in [-0.2, -0.15) is 0 Å². The van der Waals surface area contributed by atoms with Crippen molar-refractivity contribution >= 4 is 56.8 Å². The molecule has 408 valence electrons. The summed E-state index contributed by atoms with van der Waals surface area (Å²) in [5.41, 5.74) is 10.5. The number of carbonyl (C=O) groups is 4. The first-order valence-electron chi connectivity index (χ1n) is 28.1. The molecule has 1 saturated carbocycles. The van der Waals surface area contributed by atoms with Gasteiger partial charge in [-0.1, -0.05) is 67.8 Å². The van der Waals surface area contributed by atoms with Crippen molar-refractivity contribution < 1.29 is 32.3 Å². The highest BCUT2D eigenvalue weighted by molar-refractivity contribution is 6.08. The van der Waals surface area contributed by atoms with Crippen molar-refractivity contribution in [3.05, 3.63) is 213 Å². The molecule has 3 aliphatic carbocycles. The Kier molecular flexibility index (Phi) is 12.1. The fourth-order valence-electron chi connectivity index (χ4n) is 14.5. The number of fused-ring (bicyclic) bond motifs is 8. The van der Waals surface area contributed by atoms with Gasteiger partial charge in [0.1, 0.15) is 23.5 Å². The summed E-state index contributed by atoms with van der Waals surface area (Å²) < 4.78 is 42.4. The molecular weight excluding hydrogens is 1030 g/mol. The SMILES string of the molecule is CC1(c2cc(F)cc(F)c2)CNC2(CCCCC2)C(=O)N1Cc1cnc2cc3c(cc2c1)C[C@@]1(C3)C(=O)Nc2ccccc21.O=C1NCCN(Cc2cnc3cc4c(cc3c2)C[C@@]2(C4)C(=O)Nc3ccccc32)C1c1ccc(F)cc1. The van der Waals surface area contributed by atoms with Gasteiger partial charge in [0.15, 0.2) is 0 Å². The van der Waals surface area contributed by atoms with Crippen molar-refractivity contribution in [3.63, 3.8) is 0 Å². The van der Waals surface area contributed by atoms with E-state index in [1.54, 1.807) is 18.3 Å². The molecule has 2 aromatic heterocycles. The minimum absolute atomic E-state index is 0.0301. The molecule has 7 aliphatic rings. The maximum atomic E-state index is 14.5. The number of hydrogen-bond donors (Lipinski definition) is 4. The highest BCUT2D eigenvalue weighted by Gasteiger charge is 2.54. The number of benzene rings is 6. The number of piperazine rings is 2. The molecule has 12 nitrogen and oxygen atoms in total. The van der Waals surface area contributed by atoms with Gasteiger partial charge in [-0.25, -0.2) is 13.2 Å². The summed E-state index contributed by atoms with van der Waals surface area (Å²) in [6, 6.07) is 37.8. The van der Waals surface area contributed by atoms with Gasteiger partial charge in [0, 0.05) is 73.3 Å². The zero-order chi connectivity index (χ0) is 55.4. The third-order valence-electron chi connectivity index (χ3n) is 18.8. The monoisotopic (exact) mass is 1080 g/mol. The van der Waals surface area contributed by atoms with Gasteiger partial charge in [-0.05, 0) is 174 Å². The topological polar surface area (TPSA) is 149 Å². The minimum Gasteiger partial charge on any atom is -0.353 e. The Balaban J connectivity index is 0.000000148. The lowest BCUT2D eigenvalue weighted by Gasteiger charge is -2.54. The predicted molar refractivity (Wildman–Crippen MR) is 302 cm³/mol. The number of halogens is 3. The van der Waals surface area contributed by atoms with E-state index in [-0.39, 0.29) is 36.0 Å². The van der Waals surface area contributed by atoms with E-state index < -0.39 is 39.6 Å². The van der Waals surface area contributed by atoms with Crippen LogP contribution in [0.3, 0.4) is 0 Å². The first-order valence-corrected chi connectivity index (χ1v) is 28.1. The Morgan fingerprint density at radius 3 is 1.69 bits per heavy atom. The quantitative estimate of drug-likeness (QED) is 0.129. The summed E-state index contributed by atoms with van der Waals surface area (Å²) >= 11 is 0. The number of amides is 4. The Labute approximate surface area is 466 Å². The Bertz CT molecular complexity index is 3940. The van der Waals surface area contributed by atoms with E-state index in [1.165, 1.54) is 35.4 Å². The number of pyridine rings is 2. The van der Waals surface area contributed by atoms with Gasteiger partial charge in [0.2, 0.25) is 23.6 Å². The fraction of sp³-hybridized carbons (Fsp3) is 0.303. The van der Waals surface area contributed by atoms with E-state index in [0.29, 0.717) is 57.4 Å². The third kappa shape index (κ3) is 8.49.